The Morgan fingerprint density at radius 1 is 1.04 bits per heavy atom. The third-order valence-electron chi connectivity index (χ3n) is 4.50. The molecule has 0 spiro atoms. The van der Waals surface area contributed by atoms with Crippen molar-refractivity contribution in [1.29, 1.82) is 0 Å². The van der Waals surface area contributed by atoms with Gasteiger partial charge in [-0.15, -0.1) is 0 Å². The highest BCUT2D eigenvalue weighted by Crippen LogP contribution is 2.26. The van der Waals surface area contributed by atoms with Gasteiger partial charge in [-0.1, -0.05) is 26.0 Å². The fourth-order valence-electron chi connectivity index (χ4n) is 3.10. The van der Waals surface area contributed by atoms with Gasteiger partial charge in [0.05, 0.1) is 11.1 Å². The molecule has 0 saturated carbocycles. The molecule has 6 heteroatoms. The zero-order valence-electron chi connectivity index (χ0n) is 16.5. The maximum absolute atomic E-state index is 12.5. The van der Waals surface area contributed by atoms with Crippen molar-refractivity contribution >= 4 is 23.4 Å². The Kier molecular flexibility index (Phi) is 5.49. The second-order valence-corrected chi connectivity index (χ2v) is 7.48. The van der Waals surface area contributed by atoms with Crippen LogP contribution < -0.4 is 10.1 Å². The highest BCUT2D eigenvalue weighted by atomic mass is 16.5. The van der Waals surface area contributed by atoms with Crippen molar-refractivity contribution < 1.29 is 19.1 Å². The molecule has 1 heterocycles. The molecule has 0 fully saturated rings. The fourth-order valence-corrected chi connectivity index (χ4v) is 3.10. The lowest BCUT2D eigenvalue weighted by atomic mass is 10.1. The normalized spacial score (nSPS) is 13.1. The Hall–Kier alpha value is -3.15. The van der Waals surface area contributed by atoms with E-state index in [4.69, 9.17) is 4.74 Å². The molecule has 0 radical (unpaired) electrons. The lowest BCUT2D eigenvalue weighted by Crippen LogP contribution is -2.33. The van der Waals surface area contributed by atoms with Gasteiger partial charge in [0.2, 0.25) is 0 Å². The summed E-state index contributed by atoms with van der Waals surface area (Å²) in [6.07, 6.45) is 0. The molecule has 1 N–H and O–H groups in total. The van der Waals surface area contributed by atoms with E-state index in [0.29, 0.717) is 29.1 Å². The Balaban J connectivity index is 1.67. The number of hydrogen-bond acceptors (Lipinski definition) is 4. The van der Waals surface area contributed by atoms with E-state index in [9.17, 15) is 14.4 Å². The molecule has 0 atom stereocenters. The number of carbonyl (C=O) groups is 3. The first kappa shape index (κ1) is 19.6. The number of amides is 3. The maximum atomic E-state index is 12.5. The van der Waals surface area contributed by atoms with Crippen LogP contribution in [0.2, 0.25) is 0 Å². The van der Waals surface area contributed by atoms with Crippen LogP contribution >= 0.6 is 0 Å². The van der Waals surface area contributed by atoms with E-state index in [-0.39, 0.29) is 30.2 Å². The third-order valence-corrected chi connectivity index (χ3v) is 4.50. The van der Waals surface area contributed by atoms with E-state index in [0.717, 1.165) is 11.1 Å². The van der Waals surface area contributed by atoms with Crippen molar-refractivity contribution in [1.82, 2.24) is 4.90 Å². The number of aryl methyl sites for hydroxylation is 2. The van der Waals surface area contributed by atoms with Crippen LogP contribution in [0.1, 0.15) is 45.7 Å². The fraction of sp³-hybridized carbons (Fsp3) is 0.318. The minimum Gasteiger partial charge on any atom is -0.483 e. The third kappa shape index (κ3) is 4.06. The highest BCUT2D eigenvalue weighted by Gasteiger charge is 2.35. The number of rotatable bonds is 6. The Morgan fingerprint density at radius 3 is 2.46 bits per heavy atom. The van der Waals surface area contributed by atoms with Crippen LogP contribution in [-0.4, -0.2) is 35.8 Å². The van der Waals surface area contributed by atoms with Crippen LogP contribution in [-0.2, 0) is 4.79 Å². The van der Waals surface area contributed by atoms with Crippen molar-refractivity contribution in [2.24, 2.45) is 5.92 Å². The molecule has 0 unspecified atom stereocenters. The molecule has 1 aliphatic rings. The zero-order chi connectivity index (χ0) is 20.4. The van der Waals surface area contributed by atoms with Gasteiger partial charge in [-0.3, -0.25) is 19.3 Å². The molecule has 3 rings (SSSR count). The Bertz CT molecular complexity index is 950. The summed E-state index contributed by atoms with van der Waals surface area (Å²) in [4.78, 5) is 38.4. The van der Waals surface area contributed by atoms with Gasteiger partial charge in [-0.2, -0.15) is 0 Å². The largest absolute Gasteiger partial charge is 0.483 e. The van der Waals surface area contributed by atoms with Crippen molar-refractivity contribution in [3.05, 3.63) is 58.7 Å². The first-order valence-corrected chi connectivity index (χ1v) is 9.26. The standard InChI is InChI=1S/C22H24N2O4/c1-13(2)11-24-21(26)17-8-7-16(10-18(17)22(24)27)23-20(25)12-28-19-9-14(3)5-6-15(19)4/h5-10,13H,11-12H2,1-4H3,(H,23,25). The second kappa shape index (κ2) is 7.84. The van der Waals surface area contributed by atoms with Crippen molar-refractivity contribution in [2.75, 3.05) is 18.5 Å². The molecule has 0 bridgehead atoms. The molecule has 2 aromatic rings. The molecular weight excluding hydrogens is 356 g/mol. The monoisotopic (exact) mass is 380 g/mol. The number of carbonyl (C=O) groups excluding carboxylic acids is 3. The van der Waals surface area contributed by atoms with Gasteiger partial charge >= 0.3 is 0 Å². The molecule has 0 aliphatic carbocycles. The van der Waals surface area contributed by atoms with E-state index in [1.54, 1.807) is 18.2 Å². The number of imide groups is 1. The van der Waals surface area contributed by atoms with E-state index < -0.39 is 0 Å². The summed E-state index contributed by atoms with van der Waals surface area (Å²) < 4.78 is 5.60. The van der Waals surface area contributed by atoms with Crippen molar-refractivity contribution in [3.8, 4) is 5.75 Å². The molecular formula is C22H24N2O4. The molecule has 0 aromatic heterocycles. The Morgan fingerprint density at radius 2 is 1.75 bits per heavy atom. The van der Waals surface area contributed by atoms with Gasteiger partial charge in [-0.05, 0) is 55.2 Å². The summed E-state index contributed by atoms with van der Waals surface area (Å²) in [7, 11) is 0. The summed E-state index contributed by atoms with van der Waals surface area (Å²) in [5.74, 6) is -0.101. The predicted octanol–water partition coefficient (Wildman–Crippen LogP) is 3.57. The molecule has 3 amide bonds. The summed E-state index contributed by atoms with van der Waals surface area (Å²) in [5.41, 5.74) is 3.15. The van der Waals surface area contributed by atoms with Crippen molar-refractivity contribution in [3.63, 3.8) is 0 Å². The molecule has 146 valence electrons. The number of nitrogens with one attached hydrogen (secondary N) is 1. The van der Waals surface area contributed by atoms with Gasteiger partial charge in [0.25, 0.3) is 17.7 Å². The van der Waals surface area contributed by atoms with Crippen LogP contribution in [0, 0.1) is 19.8 Å². The van der Waals surface area contributed by atoms with Crippen LogP contribution in [0.3, 0.4) is 0 Å². The average Bonchev–Trinajstić information content (AvgIpc) is 2.87. The van der Waals surface area contributed by atoms with Crippen LogP contribution in [0.25, 0.3) is 0 Å². The van der Waals surface area contributed by atoms with Gasteiger partial charge in [0.15, 0.2) is 6.61 Å². The van der Waals surface area contributed by atoms with Crippen molar-refractivity contribution in [2.45, 2.75) is 27.7 Å². The quantitative estimate of drug-likeness (QED) is 0.778. The Labute approximate surface area is 164 Å². The zero-order valence-corrected chi connectivity index (χ0v) is 16.5. The number of anilines is 1. The highest BCUT2D eigenvalue weighted by molar-refractivity contribution is 6.21. The smallest absolute Gasteiger partial charge is 0.262 e. The average molecular weight is 380 g/mol. The molecule has 0 saturated heterocycles. The van der Waals surface area contributed by atoms with Gasteiger partial charge in [-0.25, -0.2) is 0 Å². The predicted molar refractivity (Wildman–Crippen MR) is 107 cm³/mol. The number of nitrogens with zero attached hydrogens (tertiary/aromatic N) is 1. The second-order valence-electron chi connectivity index (χ2n) is 7.48. The first-order valence-electron chi connectivity index (χ1n) is 9.26. The minimum atomic E-state index is -0.336. The minimum absolute atomic E-state index is 0.145. The topological polar surface area (TPSA) is 75.7 Å². The molecule has 2 aromatic carbocycles. The lowest BCUT2D eigenvalue weighted by molar-refractivity contribution is -0.118. The van der Waals surface area contributed by atoms with Crippen LogP contribution in [0.4, 0.5) is 5.69 Å². The molecule has 1 aliphatic heterocycles. The maximum Gasteiger partial charge on any atom is 0.262 e. The van der Waals surface area contributed by atoms with E-state index in [1.807, 2.05) is 45.9 Å². The summed E-state index contributed by atoms with van der Waals surface area (Å²) in [6, 6.07) is 10.6. The van der Waals surface area contributed by atoms with E-state index in [2.05, 4.69) is 5.32 Å². The van der Waals surface area contributed by atoms with E-state index in [1.165, 1.54) is 4.90 Å². The summed E-state index contributed by atoms with van der Waals surface area (Å²) in [5, 5.41) is 2.72. The number of ether oxygens (including phenoxy) is 1. The molecule has 28 heavy (non-hydrogen) atoms. The number of fused-ring (bicyclic) bond motifs is 1. The number of hydrogen-bond donors (Lipinski definition) is 1. The van der Waals surface area contributed by atoms with E-state index >= 15 is 0 Å². The number of benzene rings is 2. The first-order chi connectivity index (χ1) is 13.3. The molecule has 6 nitrogen and oxygen atoms in total. The van der Waals surface area contributed by atoms with Crippen LogP contribution in [0.15, 0.2) is 36.4 Å². The van der Waals surface area contributed by atoms with Gasteiger partial charge in [0.1, 0.15) is 5.75 Å². The van der Waals surface area contributed by atoms with Gasteiger partial charge in [0, 0.05) is 12.2 Å². The summed E-state index contributed by atoms with van der Waals surface area (Å²) >= 11 is 0. The van der Waals surface area contributed by atoms with Gasteiger partial charge < -0.3 is 10.1 Å². The lowest BCUT2D eigenvalue weighted by Gasteiger charge is -2.15. The SMILES string of the molecule is Cc1ccc(C)c(OCC(=O)Nc2ccc3c(c2)C(=O)N(CC(C)C)C3=O)c1. The van der Waals surface area contributed by atoms with Crippen LogP contribution in [0.5, 0.6) is 5.75 Å². The summed E-state index contributed by atoms with van der Waals surface area (Å²) in [6.45, 7) is 8.00.